The SMILES string of the molecule is CC(=O)Nc1ccc(OC(=O)c2c(F)cccc2F)cc1. The Bertz CT molecular complexity index is 664. The maximum absolute atomic E-state index is 13.4. The van der Waals surface area contributed by atoms with Gasteiger partial charge in [-0.3, -0.25) is 4.79 Å². The quantitative estimate of drug-likeness (QED) is 0.698. The number of rotatable bonds is 3. The average molecular weight is 291 g/mol. The number of nitrogens with one attached hydrogen (secondary N) is 1. The molecule has 21 heavy (non-hydrogen) atoms. The molecule has 0 saturated carbocycles. The molecule has 0 aliphatic carbocycles. The number of esters is 1. The van der Waals surface area contributed by atoms with Crippen LogP contribution in [0, 0.1) is 11.6 Å². The highest BCUT2D eigenvalue weighted by molar-refractivity contribution is 5.92. The summed E-state index contributed by atoms with van der Waals surface area (Å²) in [5.41, 5.74) is -0.234. The van der Waals surface area contributed by atoms with E-state index in [4.69, 9.17) is 4.74 Å². The van der Waals surface area contributed by atoms with Crippen LogP contribution in [-0.2, 0) is 4.79 Å². The molecule has 0 fully saturated rings. The lowest BCUT2D eigenvalue weighted by molar-refractivity contribution is -0.114. The summed E-state index contributed by atoms with van der Waals surface area (Å²) < 4.78 is 31.7. The predicted octanol–water partition coefficient (Wildman–Crippen LogP) is 3.14. The molecule has 0 aliphatic rings. The number of carbonyl (C=O) groups excluding carboxylic acids is 2. The van der Waals surface area contributed by atoms with E-state index < -0.39 is 23.2 Å². The highest BCUT2D eigenvalue weighted by atomic mass is 19.1. The monoisotopic (exact) mass is 291 g/mol. The van der Waals surface area contributed by atoms with Crippen molar-refractivity contribution in [2.45, 2.75) is 6.92 Å². The molecule has 0 saturated heterocycles. The lowest BCUT2D eigenvalue weighted by Crippen LogP contribution is -2.13. The number of ether oxygens (including phenoxy) is 1. The Hall–Kier alpha value is -2.76. The lowest BCUT2D eigenvalue weighted by Gasteiger charge is -2.07. The van der Waals surface area contributed by atoms with Crippen molar-refractivity contribution in [3.05, 3.63) is 59.7 Å². The van der Waals surface area contributed by atoms with E-state index in [9.17, 15) is 18.4 Å². The van der Waals surface area contributed by atoms with Crippen LogP contribution in [0.1, 0.15) is 17.3 Å². The summed E-state index contributed by atoms with van der Waals surface area (Å²) in [4.78, 5) is 22.6. The van der Waals surface area contributed by atoms with Gasteiger partial charge in [-0.1, -0.05) is 6.07 Å². The molecule has 1 amide bonds. The number of hydrogen-bond acceptors (Lipinski definition) is 3. The minimum atomic E-state index is -1.13. The largest absolute Gasteiger partial charge is 0.423 e. The number of carbonyl (C=O) groups is 2. The third-order valence-corrected chi connectivity index (χ3v) is 2.55. The van der Waals surface area contributed by atoms with Crippen LogP contribution in [0.4, 0.5) is 14.5 Å². The van der Waals surface area contributed by atoms with Crippen molar-refractivity contribution in [3.63, 3.8) is 0 Å². The maximum atomic E-state index is 13.4. The van der Waals surface area contributed by atoms with E-state index in [1.165, 1.54) is 31.2 Å². The summed E-state index contributed by atoms with van der Waals surface area (Å²) in [6.07, 6.45) is 0. The van der Waals surface area contributed by atoms with Crippen molar-refractivity contribution in [1.29, 1.82) is 0 Å². The first-order valence-electron chi connectivity index (χ1n) is 6.01. The molecule has 0 aliphatic heterocycles. The van der Waals surface area contributed by atoms with Gasteiger partial charge in [-0.2, -0.15) is 0 Å². The van der Waals surface area contributed by atoms with E-state index in [0.29, 0.717) is 5.69 Å². The van der Waals surface area contributed by atoms with E-state index in [2.05, 4.69) is 5.32 Å². The van der Waals surface area contributed by atoms with Crippen LogP contribution in [-0.4, -0.2) is 11.9 Å². The Morgan fingerprint density at radius 3 is 2.10 bits per heavy atom. The zero-order chi connectivity index (χ0) is 15.4. The molecule has 6 heteroatoms. The van der Waals surface area contributed by atoms with Crippen molar-refractivity contribution in [2.75, 3.05) is 5.32 Å². The van der Waals surface area contributed by atoms with Crippen molar-refractivity contribution in [3.8, 4) is 5.75 Å². The molecular weight excluding hydrogens is 280 g/mol. The lowest BCUT2D eigenvalue weighted by atomic mass is 10.2. The smallest absolute Gasteiger partial charge is 0.349 e. The van der Waals surface area contributed by atoms with E-state index in [1.807, 2.05) is 0 Å². The van der Waals surface area contributed by atoms with Gasteiger partial charge in [0.2, 0.25) is 5.91 Å². The zero-order valence-corrected chi connectivity index (χ0v) is 11.0. The molecular formula is C15H11F2NO3. The highest BCUT2D eigenvalue weighted by Crippen LogP contribution is 2.19. The van der Waals surface area contributed by atoms with Crippen molar-refractivity contribution < 1.29 is 23.1 Å². The minimum Gasteiger partial charge on any atom is -0.423 e. The molecule has 0 spiro atoms. The van der Waals surface area contributed by atoms with Crippen molar-refractivity contribution >= 4 is 17.6 Å². The predicted molar refractivity (Wildman–Crippen MR) is 72.1 cm³/mol. The van der Waals surface area contributed by atoms with Gasteiger partial charge < -0.3 is 10.1 Å². The fraction of sp³-hybridized carbons (Fsp3) is 0.0667. The number of amides is 1. The highest BCUT2D eigenvalue weighted by Gasteiger charge is 2.19. The fourth-order valence-corrected chi connectivity index (χ4v) is 1.66. The molecule has 0 bridgehead atoms. The summed E-state index contributed by atoms with van der Waals surface area (Å²) in [6, 6.07) is 8.91. The second-order valence-corrected chi connectivity index (χ2v) is 4.19. The molecule has 2 aromatic carbocycles. The molecule has 0 heterocycles. The van der Waals surface area contributed by atoms with Gasteiger partial charge in [0, 0.05) is 12.6 Å². The van der Waals surface area contributed by atoms with Gasteiger partial charge in [-0.05, 0) is 36.4 Å². The van der Waals surface area contributed by atoms with E-state index in [0.717, 1.165) is 18.2 Å². The first-order chi connectivity index (χ1) is 9.97. The van der Waals surface area contributed by atoms with Gasteiger partial charge in [0.1, 0.15) is 22.9 Å². The van der Waals surface area contributed by atoms with Crippen molar-refractivity contribution in [2.24, 2.45) is 0 Å². The maximum Gasteiger partial charge on any atom is 0.349 e. The Balaban J connectivity index is 2.14. The molecule has 0 radical (unpaired) electrons. The molecule has 1 N–H and O–H groups in total. The Kier molecular flexibility index (Phi) is 4.27. The number of anilines is 1. The molecule has 4 nitrogen and oxygen atoms in total. The normalized spacial score (nSPS) is 10.0. The summed E-state index contributed by atoms with van der Waals surface area (Å²) in [5.74, 6) is -3.24. The van der Waals surface area contributed by atoms with Crippen LogP contribution in [0.25, 0.3) is 0 Å². The molecule has 0 unspecified atom stereocenters. The Morgan fingerprint density at radius 1 is 1.00 bits per heavy atom. The van der Waals surface area contributed by atoms with E-state index in [-0.39, 0.29) is 11.7 Å². The minimum absolute atomic E-state index is 0.108. The number of halogens is 2. The Morgan fingerprint density at radius 2 is 1.57 bits per heavy atom. The van der Waals surface area contributed by atoms with Gasteiger partial charge >= 0.3 is 5.97 Å². The van der Waals surface area contributed by atoms with Crippen LogP contribution in [0.15, 0.2) is 42.5 Å². The topological polar surface area (TPSA) is 55.4 Å². The summed E-state index contributed by atoms with van der Waals surface area (Å²) in [6.45, 7) is 1.36. The van der Waals surface area contributed by atoms with Gasteiger partial charge in [-0.15, -0.1) is 0 Å². The number of benzene rings is 2. The molecule has 2 rings (SSSR count). The van der Waals surface area contributed by atoms with Crippen LogP contribution in [0.2, 0.25) is 0 Å². The molecule has 0 aromatic heterocycles. The summed E-state index contributed by atoms with van der Waals surface area (Å²) in [5, 5.41) is 2.54. The first-order valence-corrected chi connectivity index (χ1v) is 6.01. The molecule has 108 valence electrons. The average Bonchev–Trinajstić information content (AvgIpc) is 2.40. The Labute approximate surface area is 119 Å². The third-order valence-electron chi connectivity index (χ3n) is 2.55. The van der Waals surface area contributed by atoms with Crippen molar-refractivity contribution in [1.82, 2.24) is 0 Å². The van der Waals surface area contributed by atoms with Crippen LogP contribution < -0.4 is 10.1 Å². The third kappa shape index (κ3) is 3.62. The summed E-state index contributed by atoms with van der Waals surface area (Å²) >= 11 is 0. The second-order valence-electron chi connectivity index (χ2n) is 4.19. The second kappa shape index (κ2) is 6.13. The fourth-order valence-electron chi connectivity index (χ4n) is 1.66. The molecule has 0 atom stereocenters. The van der Waals surface area contributed by atoms with Crippen LogP contribution in [0.5, 0.6) is 5.75 Å². The van der Waals surface area contributed by atoms with E-state index >= 15 is 0 Å². The van der Waals surface area contributed by atoms with Gasteiger partial charge in [-0.25, -0.2) is 13.6 Å². The van der Waals surface area contributed by atoms with Gasteiger partial charge in [0.05, 0.1) is 0 Å². The number of hydrogen-bond donors (Lipinski definition) is 1. The first kappa shape index (κ1) is 14.6. The van der Waals surface area contributed by atoms with E-state index in [1.54, 1.807) is 0 Å². The van der Waals surface area contributed by atoms with Crippen LogP contribution >= 0.6 is 0 Å². The molecule has 2 aromatic rings. The zero-order valence-electron chi connectivity index (χ0n) is 11.0. The van der Waals surface area contributed by atoms with Crippen LogP contribution in [0.3, 0.4) is 0 Å². The standard InChI is InChI=1S/C15H11F2NO3/c1-9(19)18-10-5-7-11(8-6-10)21-15(20)14-12(16)3-2-4-13(14)17/h2-8H,1H3,(H,18,19). The van der Waals surface area contributed by atoms with Gasteiger partial charge in [0.15, 0.2) is 0 Å². The van der Waals surface area contributed by atoms with Gasteiger partial charge in [0.25, 0.3) is 0 Å². The summed E-state index contributed by atoms with van der Waals surface area (Å²) in [7, 11) is 0.